The van der Waals surface area contributed by atoms with Crippen molar-refractivity contribution < 1.29 is 13.9 Å². The van der Waals surface area contributed by atoms with Crippen molar-refractivity contribution in [3.63, 3.8) is 0 Å². The maximum Gasteiger partial charge on any atom is 0.250 e. The van der Waals surface area contributed by atoms with Crippen molar-refractivity contribution in [2.24, 2.45) is 5.92 Å². The van der Waals surface area contributed by atoms with Crippen LogP contribution in [0.5, 0.6) is 11.5 Å². The van der Waals surface area contributed by atoms with E-state index in [0.29, 0.717) is 46.5 Å². The standard InChI is InChI=1S/C30H30N2O5/c1-19-29(21-6-8-23(35-2)9-7-21)30(34)25-11-10-24(15-27(25)37-19)36-13-12-31-16-20-14-22(18-31)26-4-3-5-28(33)32(26)17-20/h3-11,15,20,22H,12-14,16-18H2,1-2H3. The van der Waals surface area contributed by atoms with Gasteiger partial charge in [-0.1, -0.05) is 18.2 Å². The Morgan fingerprint density at radius 3 is 2.59 bits per heavy atom. The number of ether oxygens (including phenoxy) is 2. The molecule has 2 unspecified atom stereocenters. The summed E-state index contributed by atoms with van der Waals surface area (Å²) in [4.78, 5) is 28.0. The predicted octanol–water partition coefficient (Wildman–Crippen LogP) is 4.44. The molecule has 0 aliphatic carbocycles. The highest BCUT2D eigenvalue weighted by molar-refractivity contribution is 5.83. The lowest BCUT2D eigenvalue weighted by atomic mass is 9.83. The highest BCUT2D eigenvalue weighted by Gasteiger charge is 2.34. The van der Waals surface area contributed by atoms with Crippen molar-refractivity contribution in [2.45, 2.75) is 25.8 Å². The summed E-state index contributed by atoms with van der Waals surface area (Å²) in [6, 6.07) is 18.4. The van der Waals surface area contributed by atoms with Gasteiger partial charge in [-0.3, -0.25) is 14.5 Å². The summed E-state index contributed by atoms with van der Waals surface area (Å²) in [7, 11) is 1.62. The highest BCUT2D eigenvalue weighted by atomic mass is 16.5. The van der Waals surface area contributed by atoms with E-state index in [1.54, 1.807) is 25.3 Å². The number of aryl methyl sites for hydroxylation is 1. The van der Waals surface area contributed by atoms with Gasteiger partial charge in [0.15, 0.2) is 0 Å². The molecule has 2 aromatic carbocycles. The van der Waals surface area contributed by atoms with Crippen LogP contribution in [0.3, 0.4) is 0 Å². The van der Waals surface area contributed by atoms with E-state index in [0.717, 1.165) is 49.6 Å². The fourth-order valence-corrected chi connectivity index (χ4v) is 5.94. The normalized spacial score (nSPS) is 19.0. The lowest BCUT2D eigenvalue weighted by molar-refractivity contribution is 0.104. The molecule has 2 aliphatic rings. The Labute approximate surface area is 214 Å². The summed E-state index contributed by atoms with van der Waals surface area (Å²) >= 11 is 0. The molecule has 4 heterocycles. The molecule has 7 heteroatoms. The third-order valence-electron chi connectivity index (χ3n) is 7.65. The number of pyridine rings is 1. The molecular weight excluding hydrogens is 468 g/mol. The molecule has 7 nitrogen and oxygen atoms in total. The summed E-state index contributed by atoms with van der Waals surface area (Å²) in [5.41, 5.74) is 3.08. The topological polar surface area (TPSA) is 73.9 Å². The van der Waals surface area contributed by atoms with Gasteiger partial charge in [-0.15, -0.1) is 0 Å². The maximum atomic E-state index is 13.3. The zero-order chi connectivity index (χ0) is 25.5. The lowest BCUT2D eigenvalue weighted by Gasteiger charge is -2.42. The number of hydrogen-bond donors (Lipinski definition) is 0. The third kappa shape index (κ3) is 4.44. The van der Waals surface area contributed by atoms with E-state index in [1.165, 1.54) is 0 Å². The molecule has 37 heavy (non-hydrogen) atoms. The Kier molecular flexibility index (Phi) is 6.08. The van der Waals surface area contributed by atoms with Gasteiger partial charge >= 0.3 is 0 Å². The molecule has 0 spiro atoms. The summed E-state index contributed by atoms with van der Waals surface area (Å²) in [5, 5.41) is 0.529. The minimum absolute atomic E-state index is 0.0605. The summed E-state index contributed by atoms with van der Waals surface area (Å²) < 4.78 is 19.3. The minimum atomic E-state index is -0.0605. The van der Waals surface area contributed by atoms with Crippen LogP contribution in [0.4, 0.5) is 0 Å². The molecule has 4 aromatic rings. The number of hydrogen-bond acceptors (Lipinski definition) is 6. The largest absolute Gasteiger partial charge is 0.497 e. The second-order valence-electron chi connectivity index (χ2n) is 10.1. The van der Waals surface area contributed by atoms with Gasteiger partial charge in [0.1, 0.15) is 29.4 Å². The Morgan fingerprint density at radius 1 is 0.973 bits per heavy atom. The van der Waals surface area contributed by atoms with Crippen LogP contribution in [0.1, 0.15) is 23.8 Å². The Hall–Kier alpha value is -3.84. The van der Waals surface area contributed by atoms with E-state index in [-0.39, 0.29) is 11.0 Å². The van der Waals surface area contributed by atoms with Crippen molar-refractivity contribution >= 4 is 11.0 Å². The second kappa shape index (κ2) is 9.56. The number of benzene rings is 2. The molecule has 0 radical (unpaired) electrons. The Morgan fingerprint density at radius 2 is 1.78 bits per heavy atom. The molecule has 190 valence electrons. The van der Waals surface area contributed by atoms with E-state index in [9.17, 15) is 9.59 Å². The number of aromatic nitrogens is 1. The zero-order valence-corrected chi connectivity index (χ0v) is 21.1. The van der Waals surface area contributed by atoms with Crippen LogP contribution in [0.2, 0.25) is 0 Å². The van der Waals surface area contributed by atoms with Crippen LogP contribution in [0.25, 0.3) is 22.1 Å². The van der Waals surface area contributed by atoms with Crippen LogP contribution in [0, 0.1) is 12.8 Å². The smallest absolute Gasteiger partial charge is 0.250 e. The van der Waals surface area contributed by atoms with Crippen LogP contribution in [-0.2, 0) is 6.54 Å². The maximum absolute atomic E-state index is 13.3. The van der Waals surface area contributed by atoms with Gasteiger partial charge in [0.2, 0.25) is 5.43 Å². The number of piperidine rings is 1. The monoisotopic (exact) mass is 498 g/mol. The van der Waals surface area contributed by atoms with E-state index in [1.807, 2.05) is 47.9 Å². The fraction of sp³-hybridized carbons (Fsp3) is 0.333. The van der Waals surface area contributed by atoms with Crippen molar-refractivity contribution in [3.05, 3.63) is 92.7 Å². The first-order chi connectivity index (χ1) is 18.0. The first-order valence-corrected chi connectivity index (χ1v) is 12.8. The minimum Gasteiger partial charge on any atom is -0.497 e. The molecule has 6 rings (SSSR count). The van der Waals surface area contributed by atoms with Crippen molar-refractivity contribution in [1.82, 2.24) is 9.47 Å². The molecule has 2 aromatic heterocycles. The van der Waals surface area contributed by atoms with Gasteiger partial charge in [0, 0.05) is 49.9 Å². The zero-order valence-electron chi connectivity index (χ0n) is 21.1. The highest BCUT2D eigenvalue weighted by Crippen LogP contribution is 2.35. The van der Waals surface area contributed by atoms with E-state index >= 15 is 0 Å². The van der Waals surface area contributed by atoms with Gasteiger partial charge in [-0.2, -0.15) is 0 Å². The number of nitrogens with zero attached hydrogens (tertiary/aromatic N) is 2. The molecule has 2 atom stereocenters. The first-order valence-electron chi connectivity index (χ1n) is 12.8. The summed E-state index contributed by atoms with van der Waals surface area (Å²) in [6.07, 6.45) is 1.14. The number of likely N-dealkylation sites (tertiary alicyclic amines) is 1. The van der Waals surface area contributed by atoms with Gasteiger partial charge < -0.3 is 18.5 Å². The Bertz CT molecular complexity index is 1570. The molecule has 1 saturated heterocycles. The van der Waals surface area contributed by atoms with Gasteiger partial charge in [0.25, 0.3) is 5.56 Å². The third-order valence-corrected chi connectivity index (χ3v) is 7.65. The van der Waals surface area contributed by atoms with Gasteiger partial charge in [-0.05, 0) is 55.2 Å². The van der Waals surface area contributed by atoms with Crippen LogP contribution in [-0.4, -0.2) is 42.8 Å². The van der Waals surface area contributed by atoms with Crippen molar-refractivity contribution in [1.29, 1.82) is 0 Å². The predicted molar refractivity (Wildman–Crippen MR) is 143 cm³/mol. The average molecular weight is 499 g/mol. The molecule has 0 amide bonds. The molecule has 1 fully saturated rings. The lowest BCUT2D eigenvalue weighted by Crippen LogP contribution is -2.48. The van der Waals surface area contributed by atoms with Crippen LogP contribution in [0.15, 0.2) is 74.7 Å². The average Bonchev–Trinajstić information content (AvgIpc) is 2.89. The second-order valence-corrected chi connectivity index (χ2v) is 10.1. The Balaban J connectivity index is 1.15. The van der Waals surface area contributed by atoms with E-state index in [2.05, 4.69) is 11.0 Å². The van der Waals surface area contributed by atoms with E-state index in [4.69, 9.17) is 13.9 Å². The fourth-order valence-electron chi connectivity index (χ4n) is 5.94. The molecule has 2 bridgehead atoms. The molecule has 0 N–H and O–H groups in total. The van der Waals surface area contributed by atoms with Gasteiger partial charge in [0.05, 0.1) is 18.1 Å². The first kappa shape index (κ1) is 23.6. The molecule has 0 saturated carbocycles. The summed E-state index contributed by atoms with van der Waals surface area (Å²) in [6.45, 7) is 5.86. The quantitative estimate of drug-likeness (QED) is 0.391. The number of fused-ring (bicyclic) bond motifs is 5. The number of methoxy groups -OCH3 is 1. The molecular formula is C30H30N2O5. The van der Waals surface area contributed by atoms with Crippen molar-refractivity contribution in [3.8, 4) is 22.6 Å². The summed E-state index contributed by atoms with van der Waals surface area (Å²) in [5.74, 6) is 2.87. The van der Waals surface area contributed by atoms with Crippen LogP contribution >= 0.6 is 0 Å². The van der Waals surface area contributed by atoms with Gasteiger partial charge in [-0.25, -0.2) is 0 Å². The van der Waals surface area contributed by atoms with Crippen molar-refractivity contribution in [2.75, 3.05) is 33.4 Å². The molecule has 2 aliphatic heterocycles. The van der Waals surface area contributed by atoms with Crippen LogP contribution < -0.4 is 20.5 Å². The SMILES string of the molecule is COc1ccc(-c2c(C)oc3cc(OCCN4CC5CC(C4)c4cccc(=O)n4C5)ccc3c2=O)cc1. The number of rotatable bonds is 6. The van der Waals surface area contributed by atoms with E-state index < -0.39 is 0 Å².